The number of carbonyl (C=O) groups excluding carboxylic acids is 2. The number of rotatable bonds is 6. The van der Waals surface area contributed by atoms with Crippen LogP contribution in [0.2, 0.25) is 0 Å². The Balaban J connectivity index is 1.27. The van der Waals surface area contributed by atoms with Gasteiger partial charge in [0.1, 0.15) is 6.10 Å². The summed E-state index contributed by atoms with van der Waals surface area (Å²) < 4.78 is 18.5. The monoisotopic (exact) mass is 617 g/mol. The Morgan fingerprint density at radius 3 is 2.34 bits per heavy atom. The summed E-state index contributed by atoms with van der Waals surface area (Å²) in [5, 5.41) is 26.4. The number of aliphatic hydroxyl groups excluding tert-OH is 1. The highest BCUT2D eigenvalue weighted by atomic mass is 16.6. The summed E-state index contributed by atoms with van der Waals surface area (Å²) in [6.45, 7) is 19.1. The molecule has 0 bridgehead atoms. The second-order valence-corrected chi connectivity index (χ2v) is 17.6. The fourth-order valence-corrected chi connectivity index (χ4v) is 13.0. The lowest BCUT2D eigenvalue weighted by Crippen LogP contribution is -2.60. The van der Waals surface area contributed by atoms with Crippen molar-refractivity contribution in [1.29, 1.82) is 0 Å². The molecule has 6 fully saturated rings. The van der Waals surface area contributed by atoms with Crippen molar-refractivity contribution in [1.82, 2.24) is 5.32 Å². The maximum absolute atomic E-state index is 12.6. The molecule has 0 aromatic carbocycles. The van der Waals surface area contributed by atoms with Gasteiger partial charge in [-0.3, -0.25) is 4.79 Å². The molecule has 5 saturated carbocycles. The lowest BCUT2D eigenvalue weighted by molar-refractivity contribution is -0.216. The van der Waals surface area contributed by atoms with Gasteiger partial charge in [-0.15, -0.1) is 0 Å². The third-order valence-electron chi connectivity index (χ3n) is 14.9. The first kappa shape index (κ1) is 32.6. The predicted octanol–water partition coefficient (Wildman–Crippen LogP) is 6.01. The van der Waals surface area contributed by atoms with Gasteiger partial charge in [0.2, 0.25) is 0 Å². The molecular weight excluding hydrogens is 558 g/mol. The van der Waals surface area contributed by atoms with E-state index in [1.165, 1.54) is 19.8 Å². The minimum Gasteiger partial charge on any atom is -0.457 e. The van der Waals surface area contributed by atoms with Crippen LogP contribution in [-0.2, 0) is 19.0 Å². The third-order valence-corrected chi connectivity index (χ3v) is 14.9. The van der Waals surface area contributed by atoms with Gasteiger partial charge in [-0.2, -0.15) is 0 Å². The Labute approximate surface area is 264 Å². The van der Waals surface area contributed by atoms with Gasteiger partial charge in [0.25, 0.3) is 0 Å². The molecule has 1 saturated heterocycles. The average molecular weight is 618 g/mol. The van der Waals surface area contributed by atoms with Crippen LogP contribution in [0, 0.1) is 50.7 Å². The summed E-state index contributed by atoms with van der Waals surface area (Å²) in [7, 11) is 0. The molecule has 3 N–H and O–H groups in total. The minimum atomic E-state index is -1.26. The van der Waals surface area contributed by atoms with Crippen LogP contribution in [0.25, 0.3) is 0 Å². The summed E-state index contributed by atoms with van der Waals surface area (Å²) in [6.07, 6.45) is 6.58. The van der Waals surface area contributed by atoms with Gasteiger partial charge in [-0.25, -0.2) is 4.79 Å². The fourth-order valence-electron chi connectivity index (χ4n) is 13.0. The standard InChI is InChI=1S/C36H59NO7/c1-10-17-37-30(40)44-25-13-14-35-19-36(35)16-15-33(8)26-20(2)18-22(29(32(6,7)41)42-21(3)38)43-27(26)28(39)34(33,9)24(36)12-11-23(35)31(25,4)5/h20,22-29,39,41H,10-19H2,1-9H3,(H,37,40)/t20-,22?,23+,24?,25?,26+,27?,28+,29+,33-,34-,35-,36+/m1/s1. The smallest absolute Gasteiger partial charge is 0.407 e. The second kappa shape index (κ2) is 10.3. The number of nitrogens with one attached hydrogen (secondary N) is 1. The summed E-state index contributed by atoms with van der Waals surface area (Å²) in [5.41, 5.74) is -1.29. The number of aliphatic hydroxyl groups is 2. The Hall–Kier alpha value is -1.38. The van der Waals surface area contributed by atoms with Crippen LogP contribution in [-0.4, -0.2) is 64.9 Å². The molecule has 13 atom stereocenters. The zero-order valence-corrected chi connectivity index (χ0v) is 28.7. The molecule has 1 aliphatic heterocycles. The number of alkyl carbamates (subject to hydrolysis) is 1. The van der Waals surface area contributed by atoms with Crippen LogP contribution in [0.1, 0.15) is 120 Å². The highest BCUT2D eigenvalue weighted by Crippen LogP contribution is 2.89. The molecule has 6 aliphatic rings. The molecule has 4 unspecified atom stereocenters. The Kier molecular flexibility index (Phi) is 7.63. The first-order valence-electron chi connectivity index (χ1n) is 17.6. The second-order valence-electron chi connectivity index (χ2n) is 17.6. The zero-order valence-electron chi connectivity index (χ0n) is 28.7. The molecule has 0 aromatic heterocycles. The minimum absolute atomic E-state index is 0.0765. The number of amides is 1. The highest BCUT2D eigenvalue weighted by molar-refractivity contribution is 5.67. The SMILES string of the molecule is CCCNC(=O)OC1CC[C@]23C[C@]24CC[C@]2(C)[C@@H]5C(OC([C@H](OC(C)=O)C(C)(C)O)C[C@H]5C)[C@H](O)[C@@]2(C)C4CC[C@H]3C1(C)C. The molecule has 6 rings (SSSR count). The molecule has 5 aliphatic carbocycles. The molecule has 2 spiro atoms. The van der Waals surface area contributed by atoms with Crippen LogP contribution in [0.5, 0.6) is 0 Å². The summed E-state index contributed by atoms with van der Waals surface area (Å²) in [6, 6.07) is 0. The largest absolute Gasteiger partial charge is 0.457 e. The van der Waals surface area contributed by atoms with E-state index in [1.54, 1.807) is 13.8 Å². The predicted molar refractivity (Wildman–Crippen MR) is 167 cm³/mol. The van der Waals surface area contributed by atoms with E-state index in [4.69, 9.17) is 14.2 Å². The van der Waals surface area contributed by atoms with Crippen LogP contribution < -0.4 is 5.32 Å². The van der Waals surface area contributed by atoms with Crippen molar-refractivity contribution < 1.29 is 34.0 Å². The van der Waals surface area contributed by atoms with Crippen molar-refractivity contribution in [3.63, 3.8) is 0 Å². The first-order chi connectivity index (χ1) is 20.4. The van der Waals surface area contributed by atoms with Crippen LogP contribution >= 0.6 is 0 Å². The first-order valence-corrected chi connectivity index (χ1v) is 17.6. The van der Waals surface area contributed by atoms with E-state index in [1.807, 2.05) is 6.92 Å². The number of carbonyl (C=O) groups is 2. The van der Waals surface area contributed by atoms with Crippen LogP contribution in [0.15, 0.2) is 0 Å². The van der Waals surface area contributed by atoms with Crippen LogP contribution in [0.4, 0.5) is 4.79 Å². The summed E-state index contributed by atoms with van der Waals surface area (Å²) >= 11 is 0. The van der Waals surface area contributed by atoms with Crippen molar-refractivity contribution >= 4 is 12.1 Å². The number of hydrogen-bond donors (Lipinski definition) is 3. The number of esters is 1. The maximum atomic E-state index is 12.6. The van der Waals surface area contributed by atoms with E-state index < -0.39 is 29.9 Å². The van der Waals surface area contributed by atoms with Gasteiger partial charge in [0.05, 0.1) is 23.9 Å². The lowest BCUT2D eigenvalue weighted by Gasteiger charge is -2.63. The number of hydrogen-bond acceptors (Lipinski definition) is 7. The van der Waals surface area contributed by atoms with Gasteiger partial charge in [-0.05, 0) is 112 Å². The number of ether oxygens (including phenoxy) is 3. The van der Waals surface area contributed by atoms with Gasteiger partial charge < -0.3 is 29.7 Å². The fraction of sp³-hybridized carbons (Fsp3) is 0.944. The van der Waals surface area contributed by atoms with Crippen molar-refractivity contribution in [3.05, 3.63) is 0 Å². The molecule has 0 aromatic rings. The number of fused-ring (bicyclic) bond motifs is 4. The summed E-state index contributed by atoms with van der Waals surface area (Å²) in [4.78, 5) is 24.6. The van der Waals surface area contributed by atoms with Gasteiger partial charge in [-0.1, -0.05) is 41.5 Å². The molecule has 0 radical (unpaired) electrons. The van der Waals surface area contributed by atoms with Crippen molar-refractivity contribution in [3.8, 4) is 0 Å². The van der Waals surface area contributed by atoms with Crippen LogP contribution in [0.3, 0.4) is 0 Å². The molecular formula is C36H59NO7. The van der Waals surface area contributed by atoms with Crippen molar-refractivity contribution in [2.75, 3.05) is 6.54 Å². The van der Waals surface area contributed by atoms with Gasteiger partial charge in [0, 0.05) is 24.3 Å². The molecule has 8 heteroatoms. The van der Waals surface area contributed by atoms with Crippen molar-refractivity contribution in [2.45, 2.75) is 156 Å². The Bertz CT molecular complexity index is 1170. The van der Waals surface area contributed by atoms with E-state index in [9.17, 15) is 19.8 Å². The average Bonchev–Trinajstić information content (AvgIpc) is 3.56. The quantitative estimate of drug-likeness (QED) is 0.313. The van der Waals surface area contributed by atoms with E-state index in [0.717, 1.165) is 38.5 Å². The highest BCUT2D eigenvalue weighted by Gasteiger charge is 2.84. The Morgan fingerprint density at radius 2 is 1.70 bits per heavy atom. The van der Waals surface area contributed by atoms with E-state index in [-0.39, 0.29) is 57.2 Å². The molecule has 44 heavy (non-hydrogen) atoms. The maximum Gasteiger partial charge on any atom is 0.407 e. The zero-order chi connectivity index (χ0) is 32.3. The Morgan fingerprint density at radius 1 is 1.05 bits per heavy atom. The summed E-state index contributed by atoms with van der Waals surface area (Å²) in [5.74, 6) is 0.917. The normalized spacial score (nSPS) is 49.2. The van der Waals surface area contributed by atoms with E-state index in [2.05, 4.69) is 39.9 Å². The lowest BCUT2D eigenvalue weighted by atomic mass is 9.41. The van der Waals surface area contributed by atoms with Crippen molar-refractivity contribution in [2.24, 2.45) is 50.7 Å². The molecule has 1 amide bonds. The van der Waals surface area contributed by atoms with E-state index >= 15 is 0 Å². The third kappa shape index (κ3) is 4.24. The molecule has 1 heterocycles. The van der Waals surface area contributed by atoms with Gasteiger partial charge in [0.15, 0.2) is 6.10 Å². The van der Waals surface area contributed by atoms with Gasteiger partial charge >= 0.3 is 12.1 Å². The topological polar surface area (TPSA) is 114 Å². The molecule has 250 valence electrons. The molecule has 8 nitrogen and oxygen atoms in total. The van der Waals surface area contributed by atoms with E-state index in [0.29, 0.717) is 24.8 Å².